The average Bonchev–Trinajstić information content (AvgIpc) is 2.57. The molecule has 0 bridgehead atoms. The van der Waals surface area contributed by atoms with E-state index >= 15 is 0 Å². The van der Waals surface area contributed by atoms with Gasteiger partial charge in [-0.05, 0) is 56.3 Å². The van der Waals surface area contributed by atoms with E-state index in [0.29, 0.717) is 11.4 Å². The molecular weight excluding hydrogens is 359 g/mol. The highest BCUT2D eigenvalue weighted by Crippen LogP contribution is 2.22. The Bertz CT molecular complexity index is 894. The Morgan fingerprint density at radius 3 is 2.31 bits per heavy atom. The first-order chi connectivity index (χ1) is 12.0. The summed E-state index contributed by atoms with van der Waals surface area (Å²) in [4.78, 5) is 12.6. The first kappa shape index (κ1) is 19.9. The van der Waals surface area contributed by atoms with Crippen LogP contribution in [0.4, 0.5) is 10.1 Å². The maximum atomic E-state index is 13.0. The summed E-state index contributed by atoms with van der Waals surface area (Å²) in [5.74, 6) is -0.532. The van der Waals surface area contributed by atoms with Gasteiger partial charge in [0.15, 0.2) is 5.60 Å². The quantitative estimate of drug-likeness (QED) is 0.836. The molecule has 26 heavy (non-hydrogen) atoms. The van der Waals surface area contributed by atoms with E-state index in [9.17, 15) is 17.6 Å². The Hall–Kier alpha value is -2.45. The van der Waals surface area contributed by atoms with Gasteiger partial charge in [0.1, 0.15) is 11.6 Å². The highest BCUT2D eigenvalue weighted by atomic mass is 32.2. The maximum Gasteiger partial charge on any atom is 0.267 e. The zero-order chi connectivity index (χ0) is 19.5. The number of ether oxygens (including phenoxy) is 1. The zero-order valence-electron chi connectivity index (χ0n) is 15.0. The second-order valence-corrected chi connectivity index (χ2v) is 8.49. The highest BCUT2D eigenvalue weighted by molar-refractivity contribution is 7.89. The van der Waals surface area contributed by atoms with Crippen LogP contribution in [0.25, 0.3) is 0 Å². The van der Waals surface area contributed by atoms with Crippen molar-refractivity contribution in [2.75, 3.05) is 19.4 Å². The summed E-state index contributed by atoms with van der Waals surface area (Å²) >= 11 is 0. The van der Waals surface area contributed by atoms with Crippen molar-refractivity contribution in [3.8, 4) is 5.75 Å². The predicted octanol–water partition coefficient (Wildman–Crippen LogP) is 2.87. The van der Waals surface area contributed by atoms with Crippen LogP contribution in [0.2, 0.25) is 0 Å². The van der Waals surface area contributed by atoms with Gasteiger partial charge in [0, 0.05) is 19.8 Å². The normalized spacial score (nSPS) is 12.1. The molecule has 0 saturated carbocycles. The second kappa shape index (κ2) is 7.43. The molecule has 8 heteroatoms. The van der Waals surface area contributed by atoms with E-state index in [1.165, 1.54) is 50.5 Å². The molecule has 140 valence electrons. The number of rotatable bonds is 6. The van der Waals surface area contributed by atoms with Gasteiger partial charge in [0.25, 0.3) is 5.91 Å². The Morgan fingerprint density at radius 2 is 1.73 bits per heavy atom. The van der Waals surface area contributed by atoms with Crippen LogP contribution in [-0.2, 0) is 14.8 Å². The van der Waals surface area contributed by atoms with Gasteiger partial charge >= 0.3 is 0 Å². The minimum atomic E-state index is -3.61. The van der Waals surface area contributed by atoms with Crippen LogP contribution in [0.15, 0.2) is 53.4 Å². The molecule has 2 aromatic rings. The molecule has 0 fully saturated rings. The van der Waals surface area contributed by atoms with Gasteiger partial charge in [-0.2, -0.15) is 0 Å². The fraction of sp³-hybridized carbons (Fsp3) is 0.278. The van der Waals surface area contributed by atoms with E-state index in [2.05, 4.69) is 5.32 Å². The van der Waals surface area contributed by atoms with Gasteiger partial charge in [-0.1, -0.05) is 6.07 Å². The number of amides is 1. The average molecular weight is 380 g/mol. The number of benzene rings is 2. The summed E-state index contributed by atoms with van der Waals surface area (Å²) in [7, 11) is -0.746. The minimum Gasteiger partial charge on any atom is -0.478 e. The number of halogens is 1. The molecule has 0 saturated heterocycles. The second-order valence-electron chi connectivity index (χ2n) is 6.34. The van der Waals surface area contributed by atoms with E-state index in [1.807, 2.05) is 0 Å². The van der Waals surface area contributed by atoms with Crippen LogP contribution in [-0.4, -0.2) is 38.3 Å². The maximum absolute atomic E-state index is 13.0. The van der Waals surface area contributed by atoms with Crippen molar-refractivity contribution in [1.82, 2.24) is 4.31 Å². The molecule has 2 rings (SSSR count). The molecule has 0 atom stereocenters. The highest BCUT2D eigenvalue weighted by Gasteiger charge is 2.30. The third-order valence-corrected chi connectivity index (χ3v) is 5.42. The van der Waals surface area contributed by atoms with Crippen molar-refractivity contribution in [2.24, 2.45) is 0 Å². The first-order valence-corrected chi connectivity index (χ1v) is 9.25. The Kier molecular flexibility index (Phi) is 5.68. The number of sulfonamides is 1. The third-order valence-electron chi connectivity index (χ3n) is 3.60. The zero-order valence-corrected chi connectivity index (χ0v) is 15.8. The largest absolute Gasteiger partial charge is 0.478 e. The van der Waals surface area contributed by atoms with E-state index in [0.717, 1.165) is 4.31 Å². The van der Waals surface area contributed by atoms with Crippen molar-refractivity contribution in [3.63, 3.8) is 0 Å². The summed E-state index contributed by atoms with van der Waals surface area (Å²) in [6.07, 6.45) is 0. The molecule has 0 aliphatic carbocycles. The Balaban J connectivity index is 2.17. The van der Waals surface area contributed by atoms with Gasteiger partial charge in [-0.25, -0.2) is 17.1 Å². The van der Waals surface area contributed by atoms with Crippen molar-refractivity contribution in [1.29, 1.82) is 0 Å². The SMILES string of the molecule is CN(C)S(=O)(=O)c1cccc(NC(=O)C(C)(C)Oc2ccc(F)cc2)c1. The van der Waals surface area contributed by atoms with E-state index in [-0.39, 0.29) is 4.90 Å². The van der Waals surface area contributed by atoms with Crippen LogP contribution in [0.5, 0.6) is 5.75 Å². The molecular formula is C18H21FN2O4S. The summed E-state index contributed by atoms with van der Waals surface area (Å²) in [5, 5.41) is 2.64. The molecule has 6 nitrogen and oxygen atoms in total. The molecule has 0 spiro atoms. The molecule has 1 amide bonds. The smallest absolute Gasteiger partial charge is 0.267 e. The molecule has 0 aliphatic heterocycles. The third kappa shape index (κ3) is 4.59. The number of hydrogen-bond acceptors (Lipinski definition) is 4. The van der Waals surface area contributed by atoms with Crippen LogP contribution >= 0.6 is 0 Å². The number of hydrogen-bond donors (Lipinski definition) is 1. The number of carbonyl (C=O) groups excluding carboxylic acids is 1. The van der Waals surface area contributed by atoms with E-state index < -0.39 is 27.3 Å². The minimum absolute atomic E-state index is 0.0672. The van der Waals surface area contributed by atoms with Crippen LogP contribution < -0.4 is 10.1 Å². The van der Waals surface area contributed by atoms with Crippen LogP contribution in [0, 0.1) is 5.82 Å². The number of nitrogens with one attached hydrogen (secondary N) is 1. The topological polar surface area (TPSA) is 75.7 Å². The Morgan fingerprint density at radius 1 is 1.12 bits per heavy atom. The van der Waals surface area contributed by atoms with E-state index in [4.69, 9.17) is 4.74 Å². The lowest BCUT2D eigenvalue weighted by molar-refractivity contribution is -0.128. The number of carbonyl (C=O) groups is 1. The fourth-order valence-corrected chi connectivity index (χ4v) is 3.02. The van der Waals surface area contributed by atoms with Crippen molar-refractivity contribution in [2.45, 2.75) is 24.3 Å². The standard InChI is InChI=1S/C18H21FN2O4S/c1-18(2,25-15-10-8-13(19)9-11-15)17(22)20-14-6-5-7-16(12-14)26(23,24)21(3)4/h5-12H,1-4H3,(H,20,22). The van der Waals surface area contributed by atoms with Crippen LogP contribution in [0.1, 0.15) is 13.8 Å². The first-order valence-electron chi connectivity index (χ1n) is 7.81. The fourth-order valence-electron chi connectivity index (χ4n) is 2.07. The molecule has 0 aliphatic rings. The van der Waals surface area contributed by atoms with Crippen molar-refractivity contribution < 1.29 is 22.3 Å². The van der Waals surface area contributed by atoms with Gasteiger partial charge in [-0.3, -0.25) is 4.79 Å². The molecule has 0 heterocycles. The monoisotopic (exact) mass is 380 g/mol. The molecule has 0 aromatic heterocycles. The molecule has 0 unspecified atom stereocenters. The molecule has 2 aromatic carbocycles. The van der Waals surface area contributed by atoms with Gasteiger partial charge in [0.05, 0.1) is 4.90 Å². The number of anilines is 1. The van der Waals surface area contributed by atoms with E-state index in [1.54, 1.807) is 26.0 Å². The van der Waals surface area contributed by atoms with Gasteiger partial charge < -0.3 is 10.1 Å². The summed E-state index contributed by atoms with van der Waals surface area (Å²) in [5.41, 5.74) is -0.928. The number of nitrogens with zero attached hydrogens (tertiary/aromatic N) is 1. The summed E-state index contributed by atoms with van der Waals surface area (Å²) in [6, 6.07) is 11.3. The van der Waals surface area contributed by atoms with Crippen LogP contribution in [0.3, 0.4) is 0 Å². The summed E-state index contributed by atoms with van der Waals surface area (Å²) < 4.78 is 44.1. The lowest BCUT2D eigenvalue weighted by atomic mass is 10.1. The van der Waals surface area contributed by atoms with Crippen molar-refractivity contribution in [3.05, 3.63) is 54.3 Å². The Labute approximate surface area is 152 Å². The van der Waals surface area contributed by atoms with Gasteiger partial charge in [0.2, 0.25) is 10.0 Å². The summed E-state index contributed by atoms with van der Waals surface area (Å²) in [6.45, 7) is 3.12. The van der Waals surface area contributed by atoms with Crippen molar-refractivity contribution >= 4 is 21.6 Å². The molecule has 1 N–H and O–H groups in total. The lowest BCUT2D eigenvalue weighted by Gasteiger charge is -2.25. The van der Waals surface area contributed by atoms with Gasteiger partial charge in [-0.15, -0.1) is 0 Å². The lowest BCUT2D eigenvalue weighted by Crippen LogP contribution is -2.42. The predicted molar refractivity (Wildman–Crippen MR) is 97.1 cm³/mol. The molecule has 0 radical (unpaired) electrons.